The maximum Gasteiger partial charge on any atom is 0.674 e. The van der Waals surface area contributed by atoms with Gasteiger partial charge in [0.2, 0.25) is 11.7 Å². The molecule has 0 bridgehead atoms. The molecule has 9 heteroatoms. The molecule has 2 aromatic carbocycles. The first-order valence-corrected chi connectivity index (χ1v) is 8.43. The number of ether oxygens (including phenoxy) is 1. The standard InChI is InChI=1S/C19H17N3O2.BFH2O2/c20-19(23)15-8-9-17(22-21)18(12-15)24-11-10-14-6-3-5-13-4-1-2-7-16(13)14;2-1(3)4/h1-9,12,15H,10-11H2,(H2,20,23);3-4H. The normalized spacial score (nSPS) is 15.2. The van der Waals surface area contributed by atoms with Crippen LogP contribution in [-0.2, 0) is 16.0 Å². The molecule has 7 nitrogen and oxygen atoms in total. The third-order valence-electron chi connectivity index (χ3n) is 3.99. The van der Waals surface area contributed by atoms with Crippen molar-refractivity contribution in [2.24, 2.45) is 11.7 Å². The number of hydrogen-bond acceptors (Lipinski definition) is 4. The van der Waals surface area contributed by atoms with Gasteiger partial charge in [0.15, 0.2) is 0 Å². The summed E-state index contributed by atoms with van der Waals surface area (Å²) in [6, 6.07) is 14.3. The van der Waals surface area contributed by atoms with E-state index >= 15 is 0 Å². The lowest BCUT2D eigenvalue weighted by Crippen LogP contribution is -2.24. The summed E-state index contributed by atoms with van der Waals surface area (Å²) in [7, 11) is -2.67. The number of hydrogen-bond donors (Lipinski definition) is 3. The minimum absolute atomic E-state index is 0.283. The zero-order valence-electron chi connectivity index (χ0n) is 14.9. The molecule has 1 amide bonds. The molecule has 0 heterocycles. The number of fused-ring (bicyclic) bond motifs is 1. The third-order valence-corrected chi connectivity index (χ3v) is 3.99. The molecular formula is C19H19BFN3O4. The molecular weight excluding hydrogens is 364 g/mol. The number of benzene rings is 2. The Bertz CT molecular complexity index is 947. The van der Waals surface area contributed by atoms with E-state index in [0.29, 0.717) is 18.8 Å². The second kappa shape index (κ2) is 10.2. The largest absolute Gasteiger partial charge is 0.674 e. The van der Waals surface area contributed by atoms with Gasteiger partial charge < -0.3 is 26.0 Å². The molecule has 1 aliphatic rings. The molecule has 1 atom stereocenters. The number of primary amides is 1. The van der Waals surface area contributed by atoms with Crippen molar-refractivity contribution < 1.29 is 28.7 Å². The number of rotatable bonds is 5. The quantitative estimate of drug-likeness (QED) is 0.411. The minimum Gasteiger partial charge on any atom is -0.486 e. The Balaban J connectivity index is 0.000000640. The summed E-state index contributed by atoms with van der Waals surface area (Å²) in [4.78, 5) is 14.5. The van der Waals surface area contributed by atoms with Crippen molar-refractivity contribution in [3.63, 3.8) is 0 Å². The molecule has 144 valence electrons. The van der Waals surface area contributed by atoms with Crippen LogP contribution in [-0.4, -0.2) is 40.5 Å². The molecule has 0 saturated heterocycles. The Kier molecular flexibility index (Phi) is 7.65. The molecule has 0 saturated carbocycles. The lowest BCUT2D eigenvalue weighted by atomic mass is 10.0. The smallest absolute Gasteiger partial charge is 0.486 e. The van der Waals surface area contributed by atoms with Crippen molar-refractivity contribution in [1.29, 1.82) is 0 Å². The van der Waals surface area contributed by atoms with Gasteiger partial charge in [-0.05, 0) is 22.4 Å². The number of amides is 1. The van der Waals surface area contributed by atoms with Gasteiger partial charge in [-0.15, -0.1) is 0 Å². The summed E-state index contributed by atoms with van der Waals surface area (Å²) in [5.74, 6) is -0.662. The lowest BCUT2D eigenvalue weighted by Gasteiger charge is -2.12. The first-order valence-electron chi connectivity index (χ1n) is 8.43. The van der Waals surface area contributed by atoms with E-state index in [-0.39, 0.29) is 5.71 Å². The fourth-order valence-corrected chi connectivity index (χ4v) is 2.74. The number of halogens is 1. The topological polar surface area (TPSA) is 129 Å². The SMILES string of the molecule is OB(O)F.[N-]=[N+]=C1C=CC(C(N)=O)C=C1OCCc1cccc2ccccc12. The summed E-state index contributed by atoms with van der Waals surface area (Å²) in [6.07, 6.45) is 5.38. The maximum atomic E-state index is 11.3. The summed E-state index contributed by atoms with van der Waals surface area (Å²) >= 11 is 0. The predicted octanol–water partition coefficient (Wildman–Crippen LogP) is 1.55. The van der Waals surface area contributed by atoms with Gasteiger partial charge in [0.1, 0.15) is 0 Å². The van der Waals surface area contributed by atoms with E-state index < -0.39 is 19.2 Å². The third kappa shape index (κ3) is 5.89. The van der Waals surface area contributed by atoms with E-state index in [2.05, 4.69) is 29.1 Å². The van der Waals surface area contributed by atoms with Crippen LogP contribution in [0.4, 0.5) is 4.32 Å². The second-order valence-electron chi connectivity index (χ2n) is 5.85. The van der Waals surface area contributed by atoms with Crippen LogP contribution in [0.2, 0.25) is 0 Å². The zero-order valence-corrected chi connectivity index (χ0v) is 14.9. The van der Waals surface area contributed by atoms with Crippen LogP contribution in [0.25, 0.3) is 16.3 Å². The van der Waals surface area contributed by atoms with Crippen LogP contribution in [0.1, 0.15) is 5.56 Å². The molecule has 0 aliphatic heterocycles. The monoisotopic (exact) mass is 383 g/mol. The molecule has 2 aromatic rings. The van der Waals surface area contributed by atoms with Gasteiger partial charge in [-0.3, -0.25) is 9.11 Å². The van der Waals surface area contributed by atoms with Crippen molar-refractivity contribution in [3.8, 4) is 0 Å². The number of carbonyl (C=O) groups excluding carboxylic acids is 1. The first-order chi connectivity index (χ1) is 13.4. The highest BCUT2D eigenvalue weighted by Crippen LogP contribution is 2.20. The van der Waals surface area contributed by atoms with Gasteiger partial charge in [0.25, 0.3) is 0 Å². The van der Waals surface area contributed by atoms with Crippen molar-refractivity contribution >= 4 is 29.8 Å². The molecule has 1 unspecified atom stereocenters. The van der Waals surface area contributed by atoms with E-state index in [1.807, 2.05) is 18.2 Å². The Hall–Kier alpha value is -3.26. The highest BCUT2D eigenvalue weighted by Gasteiger charge is 2.23. The highest BCUT2D eigenvalue weighted by molar-refractivity contribution is 6.31. The summed E-state index contributed by atoms with van der Waals surface area (Å²) in [5, 5.41) is 16.3. The number of carbonyl (C=O) groups is 1. The van der Waals surface area contributed by atoms with Crippen LogP contribution in [0.5, 0.6) is 0 Å². The molecule has 0 radical (unpaired) electrons. The van der Waals surface area contributed by atoms with Gasteiger partial charge in [0, 0.05) is 12.5 Å². The molecule has 0 spiro atoms. The summed E-state index contributed by atoms with van der Waals surface area (Å²) < 4.78 is 15.8. The summed E-state index contributed by atoms with van der Waals surface area (Å²) in [6.45, 7) is 0.401. The average Bonchev–Trinajstić information content (AvgIpc) is 2.67. The molecule has 0 aromatic heterocycles. The van der Waals surface area contributed by atoms with Crippen LogP contribution in [0.3, 0.4) is 0 Å². The fourth-order valence-electron chi connectivity index (χ4n) is 2.74. The van der Waals surface area contributed by atoms with E-state index in [0.717, 1.165) is 0 Å². The van der Waals surface area contributed by atoms with Crippen molar-refractivity contribution in [2.45, 2.75) is 6.42 Å². The Labute approximate surface area is 161 Å². The highest BCUT2D eigenvalue weighted by atomic mass is 19.1. The Morgan fingerprint density at radius 2 is 1.93 bits per heavy atom. The molecule has 4 N–H and O–H groups in total. The van der Waals surface area contributed by atoms with Crippen LogP contribution >= 0.6 is 0 Å². The molecule has 3 rings (SSSR count). The predicted molar refractivity (Wildman–Crippen MR) is 103 cm³/mol. The second-order valence-corrected chi connectivity index (χ2v) is 5.85. The maximum absolute atomic E-state index is 11.3. The average molecular weight is 383 g/mol. The Morgan fingerprint density at radius 3 is 2.61 bits per heavy atom. The summed E-state index contributed by atoms with van der Waals surface area (Å²) in [5.41, 5.74) is 15.8. The van der Waals surface area contributed by atoms with E-state index in [4.69, 9.17) is 26.0 Å². The van der Waals surface area contributed by atoms with E-state index in [1.54, 1.807) is 12.2 Å². The van der Waals surface area contributed by atoms with Gasteiger partial charge in [0.05, 0.1) is 12.5 Å². The number of nitrogens with two attached hydrogens (primary N) is 1. The van der Waals surface area contributed by atoms with Crippen LogP contribution in [0.15, 0.2) is 66.5 Å². The lowest BCUT2D eigenvalue weighted by molar-refractivity contribution is -0.119. The van der Waals surface area contributed by atoms with Crippen LogP contribution < -0.4 is 5.73 Å². The van der Waals surface area contributed by atoms with Gasteiger partial charge in [-0.25, -0.2) is 0 Å². The van der Waals surface area contributed by atoms with Gasteiger partial charge in [-0.2, -0.15) is 4.79 Å². The first kappa shape index (κ1) is 21.0. The van der Waals surface area contributed by atoms with Gasteiger partial charge >= 0.3 is 13.1 Å². The van der Waals surface area contributed by atoms with Crippen LogP contribution in [0, 0.1) is 5.92 Å². The van der Waals surface area contributed by atoms with Crippen molar-refractivity contribution in [3.05, 3.63) is 77.5 Å². The molecule has 0 fully saturated rings. The molecule has 28 heavy (non-hydrogen) atoms. The number of allylic oxidation sites excluding steroid dienone is 1. The van der Waals surface area contributed by atoms with Gasteiger partial charge in [-0.1, -0.05) is 48.5 Å². The zero-order chi connectivity index (χ0) is 20.5. The number of nitrogens with zero attached hydrogens (tertiary/aromatic N) is 2. The van der Waals surface area contributed by atoms with Crippen molar-refractivity contribution in [1.82, 2.24) is 0 Å². The minimum atomic E-state index is -2.67. The fraction of sp³-hybridized carbons (Fsp3) is 0.158. The van der Waals surface area contributed by atoms with E-state index in [9.17, 15) is 9.11 Å². The van der Waals surface area contributed by atoms with E-state index in [1.165, 1.54) is 22.4 Å². The Morgan fingerprint density at radius 1 is 1.25 bits per heavy atom. The van der Waals surface area contributed by atoms with Crippen molar-refractivity contribution in [2.75, 3.05) is 6.61 Å². The molecule has 1 aliphatic carbocycles.